The monoisotopic (exact) mass is 234 g/mol. The number of halogens is 1. The minimum Gasteiger partial charge on any atom is -0.311 e. The van der Waals surface area contributed by atoms with Gasteiger partial charge in [0.2, 0.25) is 0 Å². The molecule has 0 saturated carbocycles. The van der Waals surface area contributed by atoms with Crippen molar-refractivity contribution in [1.82, 2.24) is 9.97 Å². The highest BCUT2D eigenvalue weighted by molar-refractivity contribution is 6.30. The van der Waals surface area contributed by atoms with Crippen molar-refractivity contribution in [3.05, 3.63) is 51.5 Å². The van der Waals surface area contributed by atoms with E-state index < -0.39 is 0 Å². The summed E-state index contributed by atoms with van der Waals surface area (Å²) in [6.45, 7) is 1.94. The summed E-state index contributed by atoms with van der Waals surface area (Å²) in [7, 11) is 0. The van der Waals surface area contributed by atoms with Crippen molar-refractivity contribution in [2.75, 3.05) is 0 Å². The Morgan fingerprint density at radius 2 is 2.19 bits per heavy atom. The van der Waals surface area contributed by atoms with Crippen LogP contribution in [0.3, 0.4) is 0 Å². The van der Waals surface area contributed by atoms with Crippen molar-refractivity contribution < 1.29 is 0 Å². The van der Waals surface area contributed by atoms with Gasteiger partial charge in [-0.05, 0) is 12.1 Å². The topological polar surface area (TPSA) is 45.8 Å². The molecule has 82 valence electrons. The van der Waals surface area contributed by atoms with E-state index in [9.17, 15) is 4.79 Å². The Hall–Kier alpha value is -1.61. The number of aromatic nitrogens is 2. The predicted octanol–water partition coefficient (Wildman–Crippen LogP) is 2.65. The molecule has 0 unspecified atom stereocenters. The Balaban J connectivity index is 2.55. The molecule has 0 bridgehead atoms. The molecule has 3 nitrogen and oxygen atoms in total. The molecule has 2 aromatic rings. The van der Waals surface area contributed by atoms with Gasteiger partial charge in [-0.15, -0.1) is 0 Å². The second kappa shape index (κ2) is 4.49. The summed E-state index contributed by atoms with van der Waals surface area (Å²) in [6, 6.07) is 8.78. The van der Waals surface area contributed by atoms with Gasteiger partial charge >= 0.3 is 0 Å². The molecular weight excluding hydrogens is 224 g/mol. The van der Waals surface area contributed by atoms with Crippen LogP contribution in [0.4, 0.5) is 0 Å². The van der Waals surface area contributed by atoms with Gasteiger partial charge in [-0.1, -0.05) is 30.7 Å². The van der Waals surface area contributed by atoms with E-state index in [-0.39, 0.29) is 5.56 Å². The molecule has 0 fully saturated rings. The average molecular weight is 235 g/mol. The van der Waals surface area contributed by atoms with Gasteiger partial charge in [0.05, 0.1) is 5.69 Å². The lowest BCUT2D eigenvalue weighted by Gasteiger charge is -2.03. The molecule has 0 aliphatic heterocycles. The first-order valence-corrected chi connectivity index (χ1v) is 5.43. The second-order valence-corrected chi connectivity index (χ2v) is 3.88. The van der Waals surface area contributed by atoms with Gasteiger partial charge in [0.1, 0.15) is 5.82 Å². The van der Waals surface area contributed by atoms with E-state index in [0.717, 1.165) is 5.56 Å². The van der Waals surface area contributed by atoms with Gasteiger partial charge in [-0.2, -0.15) is 0 Å². The highest BCUT2D eigenvalue weighted by Crippen LogP contribution is 2.19. The highest BCUT2D eigenvalue weighted by Gasteiger charge is 2.03. The third-order valence-electron chi connectivity index (χ3n) is 2.25. The predicted molar refractivity (Wildman–Crippen MR) is 64.7 cm³/mol. The van der Waals surface area contributed by atoms with E-state index in [1.165, 1.54) is 6.07 Å². The first-order chi connectivity index (χ1) is 7.69. The molecule has 1 N–H and O–H groups in total. The summed E-state index contributed by atoms with van der Waals surface area (Å²) in [6.07, 6.45) is 0.698. The number of H-pyrrole nitrogens is 1. The fourth-order valence-corrected chi connectivity index (χ4v) is 1.66. The Morgan fingerprint density at radius 3 is 2.88 bits per heavy atom. The van der Waals surface area contributed by atoms with Crippen LogP contribution in [0.2, 0.25) is 5.02 Å². The maximum Gasteiger partial charge on any atom is 0.251 e. The van der Waals surface area contributed by atoms with Crippen LogP contribution in [-0.4, -0.2) is 9.97 Å². The SMILES string of the molecule is CCc1nc(-c2cccc(Cl)c2)cc(=O)[nH]1. The van der Waals surface area contributed by atoms with Gasteiger partial charge in [-0.25, -0.2) is 4.98 Å². The van der Waals surface area contributed by atoms with Crippen LogP contribution in [0.5, 0.6) is 0 Å². The number of benzene rings is 1. The zero-order chi connectivity index (χ0) is 11.5. The molecule has 1 heterocycles. The van der Waals surface area contributed by atoms with E-state index in [0.29, 0.717) is 23.0 Å². The van der Waals surface area contributed by atoms with E-state index in [4.69, 9.17) is 11.6 Å². The third kappa shape index (κ3) is 2.31. The molecule has 0 aliphatic rings. The summed E-state index contributed by atoms with van der Waals surface area (Å²) in [5.41, 5.74) is 1.37. The standard InChI is InChI=1S/C12H11ClN2O/c1-2-11-14-10(7-12(16)15-11)8-4-3-5-9(13)6-8/h3-7H,2H2,1H3,(H,14,15,16). The molecule has 0 atom stereocenters. The Morgan fingerprint density at radius 1 is 1.38 bits per heavy atom. The summed E-state index contributed by atoms with van der Waals surface area (Å²) in [5.74, 6) is 0.683. The van der Waals surface area contributed by atoms with Gasteiger partial charge in [0.25, 0.3) is 5.56 Å². The van der Waals surface area contributed by atoms with E-state index in [1.807, 2.05) is 19.1 Å². The lowest BCUT2D eigenvalue weighted by atomic mass is 10.1. The molecule has 1 aromatic carbocycles. The summed E-state index contributed by atoms with van der Waals surface area (Å²) in [5, 5.41) is 0.637. The van der Waals surface area contributed by atoms with Crippen LogP contribution in [0.25, 0.3) is 11.3 Å². The van der Waals surface area contributed by atoms with Crippen LogP contribution in [0.1, 0.15) is 12.7 Å². The molecule has 2 rings (SSSR count). The van der Waals surface area contributed by atoms with Crippen LogP contribution in [0.15, 0.2) is 35.1 Å². The van der Waals surface area contributed by atoms with Crippen LogP contribution in [-0.2, 0) is 6.42 Å². The third-order valence-corrected chi connectivity index (χ3v) is 2.48. The number of aryl methyl sites for hydroxylation is 1. The van der Waals surface area contributed by atoms with Crippen molar-refractivity contribution in [2.24, 2.45) is 0 Å². The van der Waals surface area contributed by atoms with Crippen molar-refractivity contribution >= 4 is 11.6 Å². The molecule has 1 aromatic heterocycles. The second-order valence-electron chi connectivity index (χ2n) is 3.44. The van der Waals surface area contributed by atoms with Crippen molar-refractivity contribution in [3.63, 3.8) is 0 Å². The Bertz CT molecular complexity index is 563. The zero-order valence-corrected chi connectivity index (χ0v) is 9.58. The molecular formula is C12H11ClN2O. The fourth-order valence-electron chi connectivity index (χ4n) is 1.47. The van der Waals surface area contributed by atoms with Crippen LogP contribution >= 0.6 is 11.6 Å². The summed E-state index contributed by atoms with van der Waals surface area (Å²) in [4.78, 5) is 18.4. The summed E-state index contributed by atoms with van der Waals surface area (Å²) < 4.78 is 0. The van der Waals surface area contributed by atoms with Gasteiger partial charge in [0, 0.05) is 23.1 Å². The quantitative estimate of drug-likeness (QED) is 0.868. The van der Waals surface area contributed by atoms with Gasteiger partial charge in [-0.3, -0.25) is 4.79 Å². The number of hydrogen-bond acceptors (Lipinski definition) is 2. The highest BCUT2D eigenvalue weighted by atomic mass is 35.5. The first-order valence-electron chi connectivity index (χ1n) is 5.05. The number of nitrogens with zero attached hydrogens (tertiary/aromatic N) is 1. The van der Waals surface area contributed by atoms with Gasteiger partial charge in [0.15, 0.2) is 0 Å². The van der Waals surface area contributed by atoms with Crippen LogP contribution < -0.4 is 5.56 Å². The average Bonchev–Trinajstić information content (AvgIpc) is 2.28. The van der Waals surface area contributed by atoms with Gasteiger partial charge < -0.3 is 4.98 Å². The minimum atomic E-state index is -0.137. The largest absolute Gasteiger partial charge is 0.311 e. The van der Waals surface area contributed by atoms with E-state index >= 15 is 0 Å². The Labute approximate surface area is 98.1 Å². The molecule has 4 heteroatoms. The van der Waals surface area contributed by atoms with E-state index in [1.54, 1.807) is 12.1 Å². The smallest absolute Gasteiger partial charge is 0.251 e. The number of hydrogen-bond donors (Lipinski definition) is 1. The number of nitrogens with one attached hydrogen (secondary N) is 1. The number of aromatic amines is 1. The lowest BCUT2D eigenvalue weighted by molar-refractivity contribution is 0.924. The summed E-state index contributed by atoms with van der Waals surface area (Å²) >= 11 is 5.89. The molecule has 0 amide bonds. The van der Waals surface area contributed by atoms with Crippen molar-refractivity contribution in [1.29, 1.82) is 0 Å². The lowest BCUT2D eigenvalue weighted by Crippen LogP contribution is -2.10. The Kier molecular flexibility index (Phi) is 3.06. The van der Waals surface area contributed by atoms with Crippen molar-refractivity contribution in [2.45, 2.75) is 13.3 Å². The molecule has 16 heavy (non-hydrogen) atoms. The first kappa shape index (κ1) is 10.9. The zero-order valence-electron chi connectivity index (χ0n) is 8.83. The molecule has 0 spiro atoms. The molecule has 0 aliphatic carbocycles. The number of rotatable bonds is 2. The molecule has 0 saturated heterocycles. The maximum absolute atomic E-state index is 11.4. The minimum absolute atomic E-state index is 0.137. The van der Waals surface area contributed by atoms with Crippen LogP contribution in [0, 0.1) is 0 Å². The fraction of sp³-hybridized carbons (Fsp3) is 0.167. The maximum atomic E-state index is 11.4. The normalized spacial score (nSPS) is 10.4. The molecule has 0 radical (unpaired) electrons. The van der Waals surface area contributed by atoms with Crippen molar-refractivity contribution in [3.8, 4) is 11.3 Å². The van der Waals surface area contributed by atoms with E-state index in [2.05, 4.69) is 9.97 Å².